The maximum Gasteiger partial charge on any atom is 0.481 e. The quantitative estimate of drug-likeness (QED) is 0.0118. The zero-order valence-corrected chi connectivity index (χ0v) is 43.1. The molecule has 0 radical (unpaired) electrons. The van der Waals surface area contributed by atoms with Gasteiger partial charge in [0.2, 0.25) is 0 Å². The number of hydrogen-bond donors (Lipinski definition) is 6. The van der Waals surface area contributed by atoms with Crippen molar-refractivity contribution in [2.24, 2.45) is 0 Å². The van der Waals surface area contributed by atoms with E-state index in [-0.39, 0.29) is 18.7 Å². The van der Waals surface area contributed by atoms with Crippen LogP contribution >= 0.6 is 15.6 Å². The number of phosphoric acid groups is 2. The monoisotopic (exact) mass is 1040 g/mol. The molecule has 1 aromatic rings. The Labute approximate surface area is 419 Å². The van der Waals surface area contributed by atoms with Crippen LogP contribution in [0, 0.1) is 0 Å². The number of aliphatic hydroxyl groups excluding tert-OH is 3. The summed E-state index contributed by atoms with van der Waals surface area (Å²) in [6.45, 7) is 1.81. The lowest BCUT2D eigenvalue weighted by Crippen LogP contribution is -2.36. The molecule has 1 fully saturated rings. The molecular weight excluding hydrogens is 961 g/mol. The van der Waals surface area contributed by atoms with E-state index in [0.29, 0.717) is 25.7 Å². The minimum atomic E-state index is -5.45. The Morgan fingerprint density at radius 2 is 1.37 bits per heavy atom. The van der Waals surface area contributed by atoms with E-state index < -0.39 is 89.8 Å². The van der Waals surface area contributed by atoms with Crippen molar-refractivity contribution in [1.82, 2.24) is 9.55 Å². The topological polar surface area (TPSA) is 286 Å². The third-order valence-corrected chi connectivity index (χ3v) is 13.1. The first-order valence-electron chi connectivity index (χ1n) is 24.7. The maximum absolute atomic E-state index is 12.8. The first-order chi connectivity index (χ1) is 34.1. The molecule has 1 aliphatic rings. The van der Waals surface area contributed by atoms with Gasteiger partial charge in [0.1, 0.15) is 30.7 Å². The Kier molecular flexibility index (Phi) is 33.4. The fourth-order valence-corrected chi connectivity index (χ4v) is 8.80. The van der Waals surface area contributed by atoms with Gasteiger partial charge in [-0.15, -0.1) is 0 Å². The van der Waals surface area contributed by atoms with Crippen molar-refractivity contribution in [2.75, 3.05) is 25.6 Å². The number of nitrogens with zero attached hydrogens (tertiary/aromatic N) is 2. The van der Waals surface area contributed by atoms with Crippen LogP contribution in [-0.2, 0) is 46.3 Å². The van der Waals surface area contributed by atoms with Crippen LogP contribution < -0.4 is 11.4 Å². The average molecular weight is 1040 g/mol. The number of nitrogen functional groups attached to an aromatic ring is 1. The standard InChI is InChI=1S/C50H79N3O16P2/c1-3-5-7-8-9-10-11-12-13-14-15-16-17-20-23-26-30-34-45(55)64-38-42(67-46(56)35-31-27-24-21-18-19-22-25-29-33-41(54)32-28-6-4-2)39-65-70(60,61)69-71(62,63)66-40-43-47(57)48(58)49(68-43)53-37-36-44(51)52-50(53)59/h6,9-10,12-13,15-16,20,22-23,25,28-29,33,36-37,41-43,47-49,54,57-58H,3-5,7-8,11,14,17-19,21,24,26-27,30-32,34-35,38-40H2,1-2H3,(H,60,61)(H,62,63)(H2,51,52,59)/b10-9-,13-12-,16-15-,23-20-,25-22+,28-6+,33-29+/t41?,42-,43-,47-,48-,49-/m1/s1. The highest BCUT2D eigenvalue weighted by Gasteiger charge is 2.46. The van der Waals surface area contributed by atoms with Crippen LogP contribution in [-0.4, -0.2) is 96.9 Å². The minimum Gasteiger partial charge on any atom is -0.462 e. The third kappa shape index (κ3) is 30.5. The van der Waals surface area contributed by atoms with Gasteiger partial charge in [0, 0.05) is 19.0 Å². The van der Waals surface area contributed by atoms with E-state index in [4.69, 9.17) is 29.0 Å². The summed E-state index contributed by atoms with van der Waals surface area (Å²) in [6, 6.07) is 1.24. The van der Waals surface area contributed by atoms with Gasteiger partial charge in [-0.05, 0) is 83.1 Å². The smallest absolute Gasteiger partial charge is 0.462 e. The van der Waals surface area contributed by atoms with Gasteiger partial charge in [-0.1, -0.05) is 131 Å². The SMILES string of the molecule is CC/C=C/CC(O)/C=C/C=C/CCCCCCCC(=O)O[C@H](COC(=O)CCC/C=C\C/C=C\C/C=C\C/C=C\CCCCC)COP(=O)(O)OP(=O)(O)OC[C@H]1O[C@@H](n2ccc(N)nc2=O)[C@H](O)[C@@H]1O. The van der Waals surface area contributed by atoms with Gasteiger partial charge < -0.3 is 45.1 Å². The Morgan fingerprint density at radius 1 is 0.761 bits per heavy atom. The Bertz CT molecular complexity index is 2040. The highest BCUT2D eigenvalue weighted by Crippen LogP contribution is 2.60. The molecule has 0 spiro atoms. The number of carbonyl (C=O) groups excluding carboxylic acids is 2. The summed E-state index contributed by atoms with van der Waals surface area (Å²) in [6.07, 6.45) is 35.7. The summed E-state index contributed by atoms with van der Waals surface area (Å²) in [5.41, 5.74) is 4.57. The summed E-state index contributed by atoms with van der Waals surface area (Å²) in [4.78, 5) is 61.8. The number of phosphoric ester groups is 2. The number of hydrogen-bond acceptors (Lipinski definition) is 16. The van der Waals surface area contributed by atoms with E-state index in [9.17, 15) is 48.6 Å². The number of aliphatic hydroxyl groups is 3. The number of anilines is 1. The maximum atomic E-state index is 12.8. The summed E-state index contributed by atoms with van der Waals surface area (Å²) >= 11 is 0. The number of nitrogens with two attached hydrogens (primary N) is 1. The number of ether oxygens (including phenoxy) is 3. The van der Waals surface area contributed by atoms with Crippen molar-refractivity contribution in [3.8, 4) is 0 Å². The van der Waals surface area contributed by atoms with E-state index in [1.54, 1.807) is 6.08 Å². The average Bonchev–Trinajstić information content (AvgIpc) is 3.60. The molecule has 0 bridgehead atoms. The largest absolute Gasteiger partial charge is 0.481 e. The number of aromatic nitrogens is 2. The van der Waals surface area contributed by atoms with Crippen LogP contribution in [0.25, 0.3) is 0 Å². The second-order valence-electron chi connectivity index (χ2n) is 16.8. The molecule has 71 heavy (non-hydrogen) atoms. The third-order valence-electron chi connectivity index (χ3n) is 10.5. The molecule has 1 aliphatic heterocycles. The fourth-order valence-electron chi connectivity index (χ4n) is 6.69. The Balaban J connectivity index is 1.86. The lowest BCUT2D eigenvalue weighted by atomic mass is 10.1. The first-order valence-corrected chi connectivity index (χ1v) is 27.7. The van der Waals surface area contributed by atoms with Crippen molar-refractivity contribution in [3.05, 3.63) is 108 Å². The minimum absolute atomic E-state index is 0.0128. The van der Waals surface area contributed by atoms with Gasteiger partial charge in [0.25, 0.3) is 0 Å². The van der Waals surface area contributed by atoms with Crippen molar-refractivity contribution in [2.45, 2.75) is 173 Å². The highest BCUT2D eigenvalue weighted by atomic mass is 31.3. The van der Waals surface area contributed by atoms with Crippen LogP contribution in [0.5, 0.6) is 0 Å². The number of unbranched alkanes of at least 4 members (excludes halogenated alkanes) is 9. The molecular formula is C50H79N3O16P2. The van der Waals surface area contributed by atoms with E-state index in [0.717, 1.165) is 75.0 Å². The van der Waals surface area contributed by atoms with Crippen LogP contribution in [0.15, 0.2) is 102 Å². The lowest BCUT2D eigenvalue weighted by molar-refractivity contribution is -0.161. The molecule has 3 unspecified atom stereocenters. The van der Waals surface area contributed by atoms with Crippen molar-refractivity contribution >= 4 is 33.4 Å². The lowest BCUT2D eigenvalue weighted by Gasteiger charge is -2.21. The Morgan fingerprint density at radius 3 is 2.04 bits per heavy atom. The highest BCUT2D eigenvalue weighted by molar-refractivity contribution is 7.61. The fraction of sp³-hybridized carbons (Fsp3) is 0.600. The second kappa shape index (κ2) is 37.6. The zero-order chi connectivity index (χ0) is 52.2. The van der Waals surface area contributed by atoms with E-state index in [1.165, 1.54) is 25.3 Å². The predicted octanol–water partition coefficient (Wildman–Crippen LogP) is 8.86. The molecule has 1 aromatic heterocycles. The van der Waals surface area contributed by atoms with Gasteiger partial charge in [0.05, 0.1) is 19.3 Å². The molecule has 19 nitrogen and oxygen atoms in total. The van der Waals surface area contributed by atoms with Crippen molar-refractivity contribution < 1.29 is 71.4 Å². The molecule has 8 atom stereocenters. The molecule has 7 N–H and O–H groups in total. The summed E-state index contributed by atoms with van der Waals surface area (Å²) < 4.78 is 56.6. The van der Waals surface area contributed by atoms with Gasteiger partial charge in [-0.2, -0.15) is 9.29 Å². The zero-order valence-electron chi connectivity index (χ0n) is 41.4. The number of carbonyl (C=O) groups is 2. The summed E-state index contributed by atoms with van der Waals surface area (Å²) in [5.74, 6) is -1.43. The molecule has 0 aromatic carbocycles. The summed E-state index contributed by atoms with van der Waals surface area (Å²) in [5, 5.41) is 30.8. The number of rotatable bonds is 39. The van der Waals surface area contributed by atoms with Gasteiger partial charge in [-0.25, -0.2) is 13.9 Å². The first kappa shape index (κ1) is 63.0. The number of allylic oxidation sites excluding steroid dienone is 12. The number of esters is 2. The molecule has 2 heterocycles. The van der Waals surface area contributed by atoms with Gasteiger partial charge >= 0.3 is 33.3 Å². The molecule has 21 heteroatoms. The molecule has 0 amide bonds. The molecule has 0 aliphatic carbocycles. The molecule has 2 rings (SSSR count). The van der Waals surface area contributed by atoms with Crippen LogP contribution in [0.2, 0.25) is 0 Å². The Hall–Kier alpha value is -4.10. The van der Waals surface area contributed by atoms with E-state index in [2.05, 4.69) is 52.7 Å². The second-order valence-corrected chi connectivity index (χ2v) is 19.8. The van der Waals surface area contributed by atoms with E-state index in [1.807, 2.05) is 49.5 Å². The van der Waals surface area contributed by atoms with Crippen molar-refractivity contribution in [3.63, 3.8) is 0 Å². The predicted molar refractivity (Wildman–Crippen MR) is 271 cm³/mol. The molecule has 400 valence electrons. The molecule has 0 saturated carbocycles. The van der Waals surface area contributed by atoms with Crippen molar-refractivity contribution in [1.29, 1.82) is 0 Å². The molecule has 1 saturated heterocycles. The summed E-state index contributed by atoms with van der Waals surface area (Å²) in [7, 11) is -10.9. The van der Waals surface area contributed by atoms with E-state index >= 15 is 0 Å². The van der Waals surface area contributed by atoms with Crippen LogP contribution in [0.4, 0.5) is 5.82 Å². The van der Waals surface area contributed by atoms with Gasteiger partial charge in [0.15, 0.2) is 12.3 Å². The van der Waals surface area contributed by atoms with Gasteiger partial charge in [-0.3, -0.25) is 23.2 Å². The van der Waals surface area contributed by atoms with Crippen LogP contribution in [0.1, 0.15) is 142 Å². The normalized spacial score (nSPS) is 20.3. The van der Waals surface area contributed by atoms with Crippen LogP contribution in [0.3, 0.4) is 0 Å².